The van der Waals surface area contributed by atoms with E-state index in [-0.39, 0.29) is 5.39 Å². The van der Waals surface area contributed by atoms with Crippen molar-refractivity contribution in [1.82, 2.24) is 4.98 Å². The molecular weight excluding hydrogens is 241 g/mol. The summed E-state index contributed by atoms with van der Waals surface area (Å²) in [6, 6.07) is 4.96. The second-order valence-electron chi connectivity index (χ2n) is 4.13. The van der Waals surface area contributed by atoms with Gasteiger partial charge in [-0.2, -0.15) is 13.2 Å². The molecule has 0 unspecified atom stereocenters. The van der Waals surface area contributed by atoms with E-state index in [2.05, 4.69) is 4.98 Å². The van der Waals surface area contributed by atoms with Crippen LogP contribution in [-0.4, -0.2) is 11.5 Å². The van der Waals surface area contributed by atoms with E-state index in [0.717, 1.165) is 24.6 Å². The predicted molar refractivity (Wildman–Crippen MR) is 64.1 cm³/mol. The normalized spacial score (nSPS) is 12.0. The number of hydrogen-bond acceptors (Lipinski definition) is 2. The average Bonchev–Trinajstić information content (AvgIpc) is 2.34. The van der Waals surface area contributed by atoms with Crippen LogP contribution in [0.4, 0.5) is 13.2 Å². The van der Waals surface area contributed by atoms with Crippen LogP contribution in [0.25, 0.3) is 10.8 Å². The first-order valence-electron chi connectivity index (χ1n) is 5.66. The minimum atomic E-state index is -4.37. The highest BCUT2D eigenvalue weighted by molar-refractivity contribution is 5.85. The van der Waals surface area contributed by atoms with Gasteiger partial charge in [-0.05, 0) is 36.4 Å². The van der Waals surface area contributed by atoms with Gasteiger partial charge in [0.05, 0.1) is 5.56 Å². The predicted octanol–water partition coefficient (Wildman–Crippen LogP) is 3.14. The van der Waals surface area contributed by atoms with E-state index in [1.54, 1.807) is 12.1 Å². The zero-order valence-corrected chi connectivity index (χ0v) is 9.67. The molecular formula is C13H13F3N2. The van der Waals surface area contributed by atoms with Gasteiger partial charge >= 0.3 is 6.18 Å². The maximum Gasteiger partial charge on any atom is 0.418 e. The quantitative estimate of drug-likeness (QED) is 0.913. The van der Waals surface area contributed by atoms with Gasteiger partial charge in [-0.1, -0.05) is 12.1 Å². The van der Waals surface area contributed by atoms with Crippen molar-refractivity contribution >= 4 is 10.8 Å². The highest BCUT2D eigenvalue weighted by Gasteiger charge is 2.32. The Labute approximate surface area is 103 Å². The van der Waals surface area contributed by atoms with Crippen LogP contribution in [0.5, 0.6) is 0 Å². The lowest BCUT2D eigenvalue weighted by atomic mass is 10.0. The summed E-state index contributed by atoms with van der Waals surface area (Å²) in [5.74, 6) is 0. The molecule has 18 heavy (non-hydrogen) atoms. The van der Waals surface area contributed by atoms with Crippen molar-refractivity contribution in [1.29, 1.82) is 0 Å². The van der Waals surface area contributed by atoms with Crippen LogP contribution in [0.2, 0.25) is 0 Å². The smallest absolute Gasteiger partial charge is 0.330 e. The van der Waals surface area contributed by atoms with Crippen LogP contribution in [0, 0.1) is 0 Å². The van der Waals surface area contributed by atoms with E-state index >= 15 is 0 Å². The van der Waals surface area contributed by atoms with Gasteiger partial charge in [0.2, 0.25) is 0 Å². The van der Waals surface area contributed by atoms with Crippen molar-refractivity contribution in [3.63, 3.8) is 0 Å². The number of aromatic nitrogens is 1. The Bertz CT molecular complexity index is 549. The summed E-state index contributed by atoms with van der Waals surface area (Å²) in [5.41, 5.74) is 5.70. The van der Waals surface area contributed by atoms with Gasteiger partial charge in [0.1, 0.15) is 0 Å². The molecule has 2 rings (SSSR count). The van der Waals surface area contributed by atoms with Gasteiger partial charge in [0, 0.05) is 17.8 Å². The molecule has 0 fully saturated rings. The lowest BCUT2D eigenvalue weighted by Gasteiger charge is -2.10. The van der Waals surface area contributed by atoms with Crippen molar-refractivity contribution in [2.45, 2.75) is 19.0 Å². The molecule has 0 aliphatic carbocycles. The van der Waals surface area contributed by atoms with Crippen molar-refractivity contribution < 1.29 is 13.2 Å². The van der Waals surface area contributed by atoms with E-state index in [1.165, 1.54) is 12.3 Å². The molecule has 0 saturated carbocycles. The van der Waals surface area contributed by atoms with Crippen molar-refractivity contribution in [3.8, 4) is 0 Å². The number of benzene rings is 1. The lowest BCUT2D eigenvalue weighted by molar-refractivity contribution is -0.136. The van der Waals surface area contributed by atoms with E-state index in [9.17, 15) is 13.2 Å². The summed E-state index contributed by atoms with van der Waals surface area (Å²) in [7, 11) is 0. The third-order valence-electron chi connectivity index (χ3n) is 2.80. The number of fused-ring (bicyclic) bond motifs is 1. The SMILES string of the molecule is NCCCc1ccc2c(C(F)(F)F)cncc2c1. The van der Waals surface area contributed by atoms with E-state index in [0.29, 0.717) is 11.9 Å². The fraction of sp³-hybridized carbons (Fsp3) is 0.308. The van der Waals surface area contributed by atoms with Gasteiger partial charge in [-0.3, -0.25) is 4.98 Å². The third-order valence-corrected chi connectivity index (χ3v) is 2.80. The molecule has 2 N–H and O–H groups in total. The fourth-order valence-corrected chi connectivity index (χ4v) is 1.91. The number of hydrogen-bond donors (Lipinski definition) is 1. The molecule has 0 aliphatic rings. The monoisotopic (exact) mass is 254 g/mol. The third kappa shape index (κ3) is 2.61. The molecule has 0 aliphatic heterocycles. The van der Waals surface area contributed by atoms with Crippen LogP contribution in [0.3, 0.4) is 0 Å². The summed E-state index contributed by atoms with van der Waals surface area (Å²) < 4.78 is 38.3. The molecule has 0 bridgehead atoms. The molecule has 0 spiro atoms. The van der Waals surface area contributed by atoms with Crippen molar-refractivity contribution in [3.05, 3.63) is 41.7 Å². The first-order chi connectivity index (χ1) is 8.52. The number of rotatable bonds is 3. The zero-order valence-electron chi connectivity index (χ0n) is 9.67. The summed E-state index contributed by atoms with van der Waals surface area (Å²) in [4.78, 5) is 3.66. The number of halogens is 3. The topological polar surface area (TPSA) is 38.9 Å². The first-order valence-corrected chi connectivity index (χ1v) is 5.66. The molecule has 2 nitrogen and oxygen atoms in total. The van der Waals surface area contributed by atoms with Crippen LogP contribution in [-0.2, 0) is 12.6 Å². The minimum Gasteiger partial charge on any atom is -0.330 e. The number of pyridine rings is 1. The molecule has 1 heterocycles. The van der Waals surface area contributed by atoms with Crippen LogP contribution < -0.4 is 5.73 Å². The van der Waals surface area contributed by atoms with E-state index in [4.69, 9.17) is 5.73 Å². The number of nitrogens with zero attached hydrogens (tertiary/aromatic N) is 1. The molecule has 0 amide bonds. The van der Waals surface area contributed by atoms with Gasteiger partial charge in [0.15, 0.2) is 0 Å². The van der Waals surface area contributed by atoms with Gasteiger partial charge < -0.3 is 5.73 Å². The number of alkyl halides is 3. The van der Waals surface area contributed by atoms with Crippen LogP contribution in [0.15, 0.2) is 30.6 Å². The maximum absolute atomic E-state index is 12.8. The highest BCUT2D eigenvalue weighted by atomic mass is 19.4. The van der Waals surface area contributed by atoms with Gasteiger partial charge in [-0.25, -0.2) is 0 Å². The zero-order chi connectivity index (χ0) is 13.2. The van der Waals surface area contributed by atoms with E-state index < -0.39 is 11.7 Å². The maximum atomic E-state index is 12.8. The minimum absolute atomic E-state index is 0.189. The van der Waals surface area contributed by atoms with Crippen LogP contribution in [0.1, 0.15) is 17.5 Å². The molecule has 0 atom stereocenters. The van der Waals surface area contributed by atoms with Crippen molar-refractivity contribution in [2.24, 2.45) is 5.73 Å². The Morgan fingerprint density at radius 3 is 2.61 bits per heavy atom. The summed E-state index contributed by atoms with van der Waals surface area (Å²) in [6.45, 7) is 0.568. The summed E-state index contributed by atoms with van der Waals surface area (Å²) in [5, 5.41) is 0.702. The summed E-state index contributed by atoms with van der Waals surface area (Å²) in [6.07, 6.45) is -0.468. The highest BCUT2D eigenvalue weighted by Crippen LogP contribution is 2.34. The molecule has 2 aromatic rings. The Balaban J connectivity index is 2.47. The van der Waals surface area contributed by atoms with Gasteiger partial charge in [-0.15, -0.1) is 0 Å². The second kappa shape index (κ2) is 4.94. The van der Waals surface area contributed by atoms with Crippen molar-refractivity contribution in [2.75, 3.05) is 6.54 Å². The largest absolute Gasteiger partial charge is 0.418 e. The molecule has 0 radical (unpaired) electrons. The number of aryl methyl sites for hydroxylation is 1. The fourth-order valence-electron chi connectivity index (χ4n) is 1.91. The van der Waals surface area contributed by atoms with Gasteiger partial charge in [0.25, 0.3) is 0 Å². The Morgan fingerprint density at radius 1 is 1.17 bits per heavy atom. The standard InChI is InChI=1S/C13H13F3N2/c14-13(15,16)12-8-18-7-10-6-9(2-1-5-17)3-4-11(10)12/h3-4,6-8H,1-2,5,17H2. The molecule has 5 heteroatoms. The van der Waals surface area contributed by atoms with Crippen LogP contribution >= 0.6 is 0 Å². The molecule has 1 aromatic heterocycles. The summed E-state index contributed by atoms with van der Waals surface area (Å²) >= 11 is 0. The molecule has 1 aromatic carbocycles. The Morgan fingerprint density at radius 2 is 1.94 bits per heavy atom. The number of nitrogens with two attached hydrogens (primary N) is 1. The first kappa shape index (κ1) is 12.8. The second-order valence-corrected chi connectivity index (χ2v) is 4.13. The average molecular weight is 254 g/mol. The lowest BCUT2D eigenvalue weighted by Crippen LogP contribution is -2.06. The molecule has 0 saturated heterocycles. The Kier molecular flexibility index (Phi) is 3.52. The molecule has 96 valence electrons. The Hall–Kier alpha value is -1.62. The van der Waals surface area contributed by atoms with E-state index in [1.807, 2.05) is 0 Å².